The summed E-state index contributed by atoms with van der Waals surface area (Å²) in [6.07, 6.45) is -0.705. The summed E-state index contributed by atoms with van der Waals surface area (Å²) >= 11 is 0. The number of carbonyl (C=O) groups excluding carboxylic acids is 1. The Morgan fingerprint density at radius 3 is 2.55 bits per heavy atom. The Bertz CT molecular complexity index is 673. The number of alkyl carbamates (subject to hydrolysis) is 1. The van der Waals surface area contributed by atoms with Gasteiger partial charge in [-0.2, -0.15) is 0 Å². The minimum absolute atomic E-state index is 0.0455. The summed E-state index contributed by atoms with van der Waals surface area (Å²) in [6.45, 7) is -0.0507. The molecule has 2 aromatic rings. The van der Waals surface area contributed by atoms with Crippen LogP contribution in [0.4, 0.5) is 9.18 Å². The second-order valence-corrected chi connectivity index (χ2v) is 4.53. The van der Waals surface area contributed by atoms with E-state index < -0.39 is 17.9 Å². The fourth-order valence-corrected chi connectivity index (χ4v) is 1.78. The molecule has 2 N–H and O–H groups in total. The number of benzene rings is 2. The molecule has 0 radical (unpaired) electrons. The van der Waals surface area contributed by atoms with Crippen LogP contribution in [0.15, 0.2) is 48.5 Å². The molecule has 0 unspecified atom stereocenters. The normalized spacial score (nSPS) is 10.0. The SMILES string of the molecule is O=C(NCc1cc(C(=O)O)ccc1F)OCc1ccccc1. The van der Waals surface area contributed by atoms with Crippen LogP contribution >= 0.6 is 0 Å². The van der Waals surface area contributed by atoms with Gasteiger partial charge in [-0.15, -0.1) is 0 Å². The number of rotatable bonds is 5. The highest BCUT2D eigenvalue weighted by Crippen LogP contribution is 2.11. The Hall–Kier alpha value is -2.89. The predicted octanol–water partition coefficient (Wildman–Crippen LogP) is 2.95. The van der Waals surface area contributed by atoms with Gasteiger partial charge in [0.25, 0.3) is 0 Å². The molecule has 0 saturated heterocycles. The van der Waals surface area contributed by atoms with E-state index in [1.807, 2.05) is 30.3 Å². The number of carboxylic acid groups (broad SMARTS) is 1. The number of carboxylic acids is 1. The molecule has 0 saturated carbocycles. The van der Waals surface area contributed by atoms with Crippen molar-refractivity contribution >= 4 is 12.1 Å². The molecule has 0 aliphatic rings. The lowest BCUT2D eigenvalue weighted by Crippen LogP contribution is -2.24. The molecule has 114 valence electrons. The summed E-state index contributed by atoms with van der Waals surface area (Å²) in [6, 6.07) is 12.5. The summed E-state index contributed by atoms with van der Waals surface area (Å²) in [7, 11) is 0. The molecule has 6 heteroatoms. The zero-order chi connectivity index (χ0) is 15.9. The Labute approximate surface area is 126 Å². The van der Waals surface area contributed by atoms with Crippen LogP contribution in [-0.2, 0) is 17.9 Å². The van der Waals surface area contributed by atoms with Crippen molar-refractivity contribution in [1.82, 2.24) is 5.32 Å². The van der Waals surface area contributed by atoms with Gasteiger partial charge < -0.3 is 15.2 Å². The highest BCUT2D eigenvalue weighted by molar-refractivity contribution is 5.87. The Kier molecular flexibility index (Phi) is 5.08. The van der Waals surface area contributed by atoms with Crippen molar-refractivity contribution in [3.63, 3.8) is 0 Å². The second kappa shape index (κ2) is 7.21. The molecule has 22 heavy (non-hydrogen) atoms. The molecule has 0 fully saturated rings. The molecule has 0 atom stereocenters. The standard InChI is InChI=1S/C16H14FNO4/c17-14-7-6-12(15(19)20)8-13(14)9-18-16(21)22-10-11-4-2-1-3-5-11/h1-8H,9-10H2,(H,18,21)(H,19,20). The Morgan fingerprint density at radius 2 is 1.86 bits per heavy atom. The largest absolute Gasteiger partial charge is 0.478 e. The molecule has 5 nitrogen and oxygen atoms in total. The fraction of sp³-hybridized carbons (Fsp3) is 0.125. The molecule has 0 bridgehead atoms. The van der Waals surface area contributed by atoms with Crippen LogP contribution in [0.1, 0.15) is 21.5 Å². The van der Waals surface area contributed by atoms with Crippen LogP contribution < -0.4 is 5.32 Å². The quantitative estimate of drug-likeness (QED) is 0.890. The minimum atomic E-state index is -1.16. The molecule has 0 aliphatic carbocycles. The maximum Gasteiger partial charge on any atom is 0.407 e. The van der Waals surface area contributed by atoms with E-state index in [-0.39, 0.29) is 24.3 Å². The van der Waals surface area contributed by atoms with Crippen molar-refractivity contribution in [2.45, 2.75) is 13.2 Å². The smallest absolute Gasteiger partial charge is 0.407 e. The van der Waals surface area contributed by atoms with Crippen LogP contribution in [-0.4, -0.2) is 17.2 Å². The molecule has 0 spiro atoms. The van der Waals surface area contributed by atoms with Crippen molar-refractivity contribution in [2.24, 2.45) is 0 Å². The topological polar surface area (TPSA) is 75.6 Å². The van der Waals surface area contributed by atoms with Crippen LogP contribution in [0.25, 0.3) is 0 Å². The number of nitrogens with one attached hydrogen (secondary N) is 1. The van der Waals surface area contributed by atoms with E-state index in [1.165, 1.54) is 6.07 Å². The zero-order valence-electron chi connectivity index (χ0n) is 11.6. The van der Waals surface area contributed by atoms with Crippen LogP contribution in [0, 0.1) is 5.82 Å². The van der Waals surface area contributed by atoms with Crippen LogP contribution in [0.3, 0.4) is 0 Å². The van der Waals surface area contributed by atoms with Crippen molar-refractivity contribution in [3.8, 4) is 0 Å². The van der Waals surface area contributed by atoms with E-state index in [9.17, 15) is 14.0 Å². The summed E-state index contributed by atoms with van der Waals surface area (Å²) in [5, 5.41) is 11.2. The lowest BCUT2D eigenvalue weighted by molar-refractivity contribution is 0.0696. The maximum absolute atomic E-state index is 13.5. The molecular weight excluding hydrogens is 289 g/mol. The van der Waals surface area contributed by atoms with Crippen LogP contribution in [0.5, 0.6) is 0 Å². The third-order valence-electron chi connectivity index (χ3n) is 2.93. The molecular formula is C16H14FNO4. The number of aromatic carboxylic acids is 1. The number of halogens is 1. The zero-order valence-corrected chi connectivity index (χ0v) is 11.6. The van der Waals surface area contributed by atoms with Gasteiger partial charge in [0.2, 0.25) is 0 Å². The lowest BCUT2D eigenvalue weighted by Gasteiger charge is -2.08. The van der Waals surface area contributed by atoms with E-state index in [0.29, 0.717) is 0 Å². The number of carbonyl (C=O) groups is 2. The average molecular weight is 303 g/mol. The third kappa shape index (κ3) is 4.31. The number of hydrogen-bond acceptors (Lipinski definition) is 3. The summed E-state index contributed by atoms with van der Waals surface area (Å²) in [5.74, 6) is -1.75. The summed E-state index contributed by atoms with van der Waals surface area (Å²) < 4.78 is 18.5. The van der Waals surface area contributed by atoms with E-state index >= 15 is 0 Å². The van der Waals surface area contributed by atoms with Gasteiger partial charge in [0.05, 0.1) is 5.56 Å². The first-order valence-electron chi connectivity index (χ1n) is 6.52. The number of ether oxygens (including phenoxy) is 1. The first-order valence-corrected chi connectivity index (χ1v) is 6.52. The average Bonchev–Trinajstić information content (AvgIpc) is 2.53. The van der Waals surface area contributed by atoms with Crippen molar-refractivity contribution in [3.05, 3.63) is 71.0 Å². The van der Waals surface area contributed by atoms with Gasteiger partial charge in [-0.25, -0.2) is 14.0 Å². The van der Waals surface area contributed by atoms with Crippen molar-refractivity contribution in [2.75, 3.05) is 0 Å². The molecule has 0 heterocycles. The monoisotopic (exact) mass is 303 g/mol. The molecule has 2 aromatic carbocycles. The predicted molar refractivity (Wildman–Crippen MR) is 76.8 cm³/mol. The van der Waals surface area contributed by atoms with Gasteiger partial charge in [0.15, 0.2) is 0 Å². The van der Waals surface area contributed by atoms with E-state index in [0.717, 1.165) is 17.7 Å². The summed E-state index contributed by atoms with van der Waals surface area (Å²) in [5.41, 5.74) is 0.865. The highest BCUT2D eigenvalue weighted by Gasteiger charge is 2.10. The van der Waals surface area contributed by atoms with E-state index in [2.05, 4.69) is 5.32 Å². The second-order valence-electron chi connectivity index (χ2n) is 4.53. The van der Waals surface area contributed by atoms with Gasteiger partial charge >= 0.3 is 12.1 Å². The molecule has 0 aliphatic heterocycles. The van der Waals surface area contributed by atoms with Crippen molar-refractivity contribution < 1.29 is 23.8 Å². The molecule has 2 rings (SSSR count). The van der Waals surface area contributed by atoms with Gasteiger partial charge in [0.1, 0.15) is 12.4 Å². The van der Waals surface area contributed by atoms with Gasteiger partial charge in [-0.1, -0.05) is 30.3 Å². The van der Waals surface area contributed by atoms with Gasteiger partial charge in [-0.3, -0.25) is 0 Å². The Balaban J connectivity index is 1.88. The van der Waals surface area contributed by atoms with Gasteiger partial charge in [-0.05, 0) is 23.8 Å². The molecule has 1 amide bonds. The maximum atomic E-state index is 13.5. The number of hydrogen-bond donors (Lipinski definition) is 2. The number of amides is 1. The first kappa shape index (κ1) is 15.5. The molecule has 0 aromatic heterocycles. The summed E-state index contributed by atoms with van der Waals surface area (Å²) in [4.78, 5) is 22.4. The Morgan fingerprint density at radius 1 is 1.14 bits per heavy atom. The lowest BCUT2D eigenvalue weighted by atomic mass is 10.1. The van der Waals surface area contributed by atoms with Crippen molar-refractivity contribution in [1.29, 1.82) is 0 Å². The van der Waals surface area contributed by atoms with Gasteiger partial charge in [0, 0.05) is 12.1 Å². The highest BCUT2D eigenvalue weighted by atomic mass is 19.1. The van der Waals surface area contributed by atoms with E-state index in [1.54, 1.807) is 0 Å². The minimum Gasteiger partial charge on any atom is -0.478 e. The van der Waals surface area contributed by atoms with Crippen LogP contribution in [0.2, 0.25) is 0 Å². The fourth-order valence-electron chi connectivity index (χ4n) is 1.78. The van der Waals surface area contributed by atoms with E-state index in [4.69, 9.17) is 9.84 Å². The third-order valence-corrected chi connectivity index (χ3v) is 2.93. The first-order chi connectivity index (χ1) is 10.6.